The van der Waals surface area contributed by atoms with Crippen LogP contribution in [0.2, 0.25) is 0 Å². The quantitative estimate of drug-likeness (QED) is 0.330. The summed E-state index contributed by atoms with van der Waals surface area (Å²) in [4.78, 5) is 15.4. The van der Waals surface area contributed by atoms with E-state index in [1.165, 1.54) is 16.0 Å². The molecular weight excluding hydrogens is 462 g/mol. The van der Waals surface area contributed by atoms with Crippen molar-refractivity contribution in [3.8, 4) is 5.75 Å². The Bertz CT molecular complexity index is 1000. The summed E-state index contributed by atoms with van der Waals surface area (Å²) in [6.45, 7) is 10.7. The predicted molar refractivity (Wildman–Crippen MR) is 141 cm³/mol. The van der Waals surface area contributed by atoms with Crippen molar-refractivity contribution in [3.63, 3.8) is 0 Å². The summed E-state index contributed by atoms with van der Waals surface area (Å²) in [7, 11) is 0. The van der Waals surface area contributed by atoms with E-state index in [4.69, 9.17) is 14.9 Å². The number of hydrogen-bond acceptors (Lipinski definition) is 7. The van der Waals surface area contributed by atoms with Gasteiger partial charge >= 0.3 is 0 Å². The van der Waals surface area contributed by atoms with Crippen LogP contribution in [-0.2, 0) is 19.3 Å². The molecule has 0 saturated carbocycles. The molecule has 1 unspecified atom stereocenters. The first-order valence-electron chi connectivity index (χ1n) is 12.5. The maximum Gasteiger partial charge on any atom is 0.173 e. The van der Waals surface area contributed by atoms with Gasteiger partial charge in [0, 0.05) is 17.8 Å². The van der Waals surface area contributed by atoms with E-state index in [1.54, 1.807) is 11.3 Å². The van der Waals surface area contributed by atoms with E-state index in [2.05, 4.69) is 38.2 Å². The SMILES string of the molecule is Cc1cc(CCC(=O)c2sc(C)c3c2CCC(C)(C)C3)cc(C)c1OCC(O)CNC(CO)CO. The summed E-state index contributed by atoms with van der Waals surface area (Å²) in [6.07, 6.45) is 3.61. The third-order valence-electron chi connectivity index (χ3n) is 6.94. The Morgan fingerprint density at radius 1 is 1.14 bits per heavy atom. The molecule has 0 bridgehead atoms. The molecule has 3 rings (SSSR count). The molecule has 1 aromatic heterocycles. The molecule has 6 nitrogen and oxygen atoms in total. The van der Waals surface area contributed by atoms with Crippen molar-refractivity contribution in [2.75, 3.05) is 26.4 Å². The maximum atomic E-state index is 13.2. The summed E-state index contributed by atoms with van der Waals surface area (Å²) in [5.41, 5.74) is 6.07. The zero-order chi connectivity index (χ0) is 25.8. The van der Waals surface area contributed by atoms with Gasteiger partial charge in [-0.3, -0.25) is 4.79 Å². The minimum absolute atomic E-state index is 0.107. The molecule has 0 aliphatic heterocycles. The van der Waals surface area contributed by atoms with Gasteiger partial charge < -0.3 is 25.4 Å². The molecule has 7 heteroatoms. The average Bonchev–Trinajstić information content (AvgIpc) is 3.12. The van der Waals surface area contributed by atoms with Crippen LogP contribution in [0.4, 0.5) is 0 Å². The molecule has 194 valence electrons. The van der Waals surface area contributed by atoms with Gasteiger partial charge in [-0.15, -0.1) is 11.3 Å². The Balaban J connectivity index is 1.58. The van der Waals surface area contributed by atoms with E-state index < -0.39 is 12.1 Å². The lowest BCUT2D eigenvalue weighted by molar-refractivity contribution is 0.0923. The highest BCUT2D eigenvalue weighted by Gasteiger charge is 2.31. The van der Waals surface area contributed by atoms with Crippen molar-refractivity contribution in [2.24, 2.45) is 5.41 Å². The van der Waals surface area contributed by atoms with Gasteiger partial charge in [-0.2, -0.15) is 0 Å². The molecule has 1 aromatic carbocycles. The number of fused-ring (bicyclic) bond motifs is 1. The van der Waals surface area contributed by atoms with E-state index in [0.29, 0.717) is 18.3 Å². The standard InChI is InChI=1S/C28H41NO5S/c1-17-10-20(11-18(2)26(17)34-16-22(32)13-29-21(14-30)15-31)6-7-25(33)27-23-8-9-28(4,5)12-24(23)19(3)35-27/h10-11,21-22,29-32H,6-9,12-16H2,1-5H3. The Hall–Kier alpha value is -1.77. The van der Waals surface area contributed by atoms with Gasteiger partial charge in [0.1, 0.15) is 18.5 Å². The molecular formula is C28H41NO5S. The van der Waals surface area contributed by atoms with E-state index >= 15 is 0 Å². The molecule has 0 amide bonds. The highest BCUT2D eigenvalue weighted by atomic mass is 32.1. The number of aryl methyl sites for hydroxylation is 4. The summed E-state index contributed by atoms with van der Waals surface area (Å²) in [6, 6.07) is 3.67. The molecule has 0 radical (unpaired) electrons. The number of carbonyl (C=O) groups excluding carboxylic acids is 1. The van der Waals surface area contributed by atoms with Crippen LogP contribution in [0.5, 0.6) is 5.75 Å². The molecule has 0 saturated heterocycles. The average molecular weight is 504 g/mol. The van der Waals surface area contributed by atoms with E-state index in [1.807, 2.05) is 13.8 Å². The highest BCUT2D eigenvalue weighted by molar-refractivity contribution is 7.14. The van der Waals surface area contributed by atoms with Gasteiger partial charge in [0.15, 0.2) is 5.78 Å². The summed E-state index contributed by atoms with van der Waals surface area (Å²) >= 11 is 1.67. The lowest BCUT2D eigenvalue weighted by Gasteiger charge is -2.30. The first-order valence-corrected chi connectivity index (χ1v) is 13.4. The number of nitrogens with one attached hydrogen (secondary N) is 1. The van der Waals surface area contributed by atoms with Crippen LogP contribution in [0, 0.1) is 26.2 Å². The fraction of sp³-hybridized carbons (Fsp3) is 0.607. The summed E-state index contributed by atoms with van der Waals surface area (Å²) in [5.74, 6) is 0.986. The number of aliphatic hydroxyl groups is 3. The van der Waals surface area contributed by atoms with Crippen LogP contribution in [-0.4, -0.2) is 59.6 Å². The molecule has 1 aliphatic carbocycles. The zero-order valence-corrected chi connectivity index (χ0v) is 22.6. The van der Waals surface area contributed by atoms with Crippen LogP contribution in [0.3, 0.4) is 0 Å². The number of thiophene rings is 1. The number of ketones is 1. The third kappa shape index (κ3) is 7.14. The fourth-order valence-corrected chi connectivity index (χ4v) is 6.08. The van der Waals surface area contributed by atoms with Crippen molar-refractivity contribution in [2.45, 2.75) is 78.9 Å². The second-order valence-electron chi connectivity index (χ2n) is 10.7. The van der Waals surface area contributed by atoms with Crippen molar-refractivity contribution in [3.05, 3.63) is 49.7 Å². The van der Waals surface area contributed by atoms with E-state index in [9.17, 15) is 9.90 Å². The predicted octanol–water partition coefficient (Wildman–Crippen LogP) is 3.69. The number of rotatable bonds is 12. The van der Waals surface area contributed by atoms with Gasteiger partial charge in [0.05, 0.1) is 24.1 Å². The molecule has 4 N–H and O–H groups in total. The lowest BCUT2D eigenvalue weighted by atomic mass is 9.74. The summed E-state index contributed by atoms with van der Waals surface area (Å²) < 4.78 is 5.88. The van der Waals surface area contributed by atoms with E-state index in [0.717, 1.165) is 46.6 Å². The number of carbonyl (C=O) groups is 1. The second kappa shape index (κ2) is 12.0. The minimum atomic E-state index is -0.766. The van der Waals surface area contributed by atoms with Crippen LogP contribution in [0.1, 0.15) is 69.1 Å². The molecule has 0 spiro atoms. The highest BCUT2D eigenvalue weighted by Crippen LogP contribution is 2.41. The Morgan fingerprint density at radius 3 is 2.43 bits per heavy atom. The van der Waals surface area contributed by atoms with Crippen molar-refractivity contribution in [1.29, 1.82) is 0 Å². The van der Waals surface area contributed by atoms with Crippen molar-refractivity contribution < 1.29 is 24.9 Å². The Labute approximate surface area is 213 Å². The van der Waals surface area contributed by atoms with Crippen LogP contribution in [0.25, 0.3) is 0 Å². The normalized spacial score (nSPS) is 15.8. The first-order chi connectivity index (χ1) is 16.5. The zero-order valence-electron chi connectivity index (χ0n) is 21.7. The monoisotopic (exact) mass is 503 g/mol. The van der Waals surface area contributed by atoms with Gasteiger partial charge in [-0.05, 0) is 79.7 Å². The van der Waals surface area contributed by atoms with E-state index in [-0.39, 0.29) is 32.1 Å². The Morgan fingerprint density at radius 2 is 1.80 bits per heavy atom. The smallest absolute Gasteiger partial charge is 0.173 e. The topological polar surface area (TPSA) is 99.0 Å². The number of ether oxygens (including phenoxy) is 1. The minimum Gasteiger partial charge on any atom is -0.490 e. The fourth-order valence-electron chi connectivity index (χ4n) is 4.89. The van der Waals surface area contributed by atoms with Gasteiger partial charge in [-0.1, -0.05) is 26.0 Å². The molecule has 0 fully saturated rings. The number of hydrogen-bond donors (Lipinski definition) is 4. The molecule has 2 aromatic rings. The Kier molecular flexibility index (Phi) is 9.52. The number of Topliss-reactive ketones (excluding diaryl/α,β-unsaturated/α-hetero) is 1. The second-order valence-corrected chi connectivity index (χ2v) is 11.9. The van der Waals surface area contributed by atoms with Gasteiger partial charge in [-0.25, -0.2) is 0 Å². The van der Waals surface area contributed by atoms with Crippen molar-refractivity contribution in [1.82, 2.24) is 5.32 Å². The molecule has 1 atom stereocenters. The largest absolute Gasteiger partial charge is 0.490 e. The number of aliphatic hydroxyl groups excluding tert-OH is 3. The maximum absolute atomic E-state index is 13.2. The third-order valence-corrected chi connectivity index (χ3v) is 8.17. The van der Waals surface area contributed by atoms with Crippen LogP contribution >= 0.6 is 11.3 Å². The van der Waals surface area contributed by atoms with Crippen molar-refractivity contribution >= 4 is 17.1 Å². The van der Waals surface area contributed by atoms with Gasteiger partial charge in [0.25, 0.3) is 0 Å². The lowest BCUT2D eigenvalue weighted by Crippen LogP contribution is -2.42. The molecule has 1 heterocycles. The molecule has 1 aliphatic rings. The van der Waals surface area contributed by atoms with Crippen LogP contribution in [0.15, 0.2) is 12.1 Å². The molecule has 35 heavy (non-hydrogen) atoms. The number of benzene rings is 1. The van der Waals surface area contributed by atoms with Crippen LogP contribution < -0.4 is 10.1 Å². The first kappa shape index (κ1) is 27.8. The van der Waals surface area contributed by atoms with Gasteiger partial charge in [0.2, 0.25) is 0 Å². The summed E-state index contributed by atoms with van der Waals surface area (Å²) in [5, 5.41) is 31.3.